The number of β-amino-alcohol motifs (C(OH)–C–C–N with tert-alkyl or cyclic N) is 1. The molecule has 1 aliphatic heterocycles. The van der Waals surface area contributed by atoms with Gasteiger partial charge in [0.1, 0.15) is 0 Å². The lowest BCUT2D eigenvalue weighted by Crippen LogP contribution is -2.46. The topological polar surface area (TPSA) is 43.8 Å². The number of hydrazine groups is 1. The van der Waals surface area contributed by atoms with Crippen molar-refractivity contribution in [3.63, 3.8) is 0 Å². The summed E-state index contributed by atoms with van der Waals surface area (Å²) in [5.41, 5.74) is 0. The van der Waals surface area contributed by atoms with Crippen molar-refractivity contribution in [2.24, 2.45) is 5.92 Å². The normalized spacial score (nSPS) is 30.7. The van der Waals surface area contributed by atoms with E-state index < -0.39 is 6.10 Å². The molecule has 2 fully saturated rings. The van der Waals surface area contributed by atoms with Crippen LogP contribution in [0.5, 0.6) is 0 Å². The van der Waals surface area contributed by atoms with Crippen molar-refractivity contribution in [3.05, 3.63) is 0 Å². The maximum absolute atomic E-state index is 11.7. The van der Waals surface area contributed by atoms with Crippen molar-refractivity contribution in [1.29, 1.82) is 0 Å². The van der Waals surface area contributed by atoms with Crippen molar-refractivity contribution < 1.29 is 9.90 Å². The fraction of sp³-hybridized carbons (Fsp3) is 0.909. The van der Waals surface area contributed by atoms with Crippen LogP contribution in [-0.2, 0) is 4.79 Å². The highest BCUT2D eigenvalue weighted by atomic mass is 16.3. The lowest BCUT2D eigenvalue weighted by molar-refractivity contribution is -0.140. The molecule has 2 aliphatic rings. The Morgan fingerprint density at radius 1 is 1.53 bits per heavy atom. The van der Waals surface area contributed by atoms with Crippen molar-refractivity contribution in [2.45, 2.75) is 44.8 Å². The molecule has 1 saturated carbocycles. The highest BCUT2D eigenvalue weighted by Gasteiger charge is 2.41. The Hall–Kier alpha value is -0.610. The van der Waals surface area contributed by atoms with Gasteiger partial charge in [0.2, 0.25) is 5.91 Å². The predicted octanol–water partition coefficient (Wildman–Crippen LogP) is 0.615. The van der Waals surface area contributed by atoms with Gasteiger partial charge in [0.15, 0.2) is 0 Å². The molecule has 2 unspecified atom stereocenters. The number of carbonyl (C=O) groups excluding carboxylic acids is 1. The van der Waals surface area contributed by atoms with Gasteiger partial charge < -0.3 is 5.11 Å². The molecular formula is C11H20N2O2. The summed E-state index contributed by atoms with van der Waals surface area (Å²) in [6, 6.07) is 0.380. The van der Waals surface area contributed by atoms with Gasteiger partial charge in [-0.1, -0.05) is 6.42 Å². The van der Waals surface area contributed by atoms with E-state index in [4.69, 9.17) is 0 Å². The van der Waals surface area contributed by atoms with E-state index in [9.17, 15) is 9.90 Å². The monoisotopic (exact) mass is 212 g/mol. The molecule has 2 rings (SSSR count). The second-order valence-corrected chi connectivity index (χ2v) is 4.86. The largest absolute Gasteiger partial charge is 0.392 e. The first-order valence-corrected chi connectivity index (χ1v) is 5.80. The van der Waals surface area contributed by atoms with E-state index in [-0.39, 0.29) is 5.91 Å². The molecule has 0 aromatic heterocycles. The highest BCUT2D eigenvalue weighted by molar-refractivity contribution is 5.78. The summed E-state index contributed by atoms with van der Waals surface area (Å²) in [5.74, 6) is 0.855. The van der Waals surface area contributed by atoms with E-state index in [0.29, 0.717) is 24.9 Å². The molecule has 1 amide bonds. The summed E-state index contributed by atoms with van der Waals surface area (Å²) >= 11 is 0. The first-order valence-electron chi connectivity index (χ1n) is 5.80. The van der Waals surface area contributed by atoms with Crippen LogP contribution in [0.25, 0.3) is 0 Å². The van der Waals surface area contributed by atoms with Crippen molar-refractivity contribution in [2.75, 3.05) is 13.6 Å². The summed E-state index contributed by atoms with van der Waals surface area (Å²) < 4.78 is 0. The smallest absolute Gasteiger partial charge is 0.238 e. The molecule has 2 atom stereocenters. The van der Waals surface area contributed by atoms with E-state index in [1.54, 1.807) is 11.9 Å². The van der Waals surface area contributed by atoms with Crippen LogP contribution in [0.15, 0.2) is 0 Å². The molecule has 15 heavy (non-hydrogen) atoms. The van der Waals surface area contributed by atoms with Gasteiger partial charge in [0, 0.05) is 19.5 Å². The molecular weight excluding hydrogens is 192 g/mol. The Morgan fingerprint density at radius 3 is 2.67 bits per heavy atom. The quantitative estimate of drug-likeness (QED) is 0.745. The molecule has 1 heterocycles. The number of aliphatic hydroxyl groups is 1. The third kappa shape index (κ3) is 2.01. The molecule has 1 N–H and O–H groups in total. The van der Waals surface area contributed by atoms with Crippen LogP contribution in [0.2, 0.25) is 0 Å². The average molecular weight is 212 g/mol. The fourth-order valence-electron chi connectivity index (χ4n) is 2.55. The van der Waals surface area contributed by atoms with E-state index >= 15 is 0 Å². The van der Waals surface area contributed by atoms with Crippen molar-refractivity contribution in [3.8, 4) is 0 Å². The van der Waals surface area contributed by atoms with Gasteiger partial charge >= 0.3 is 0 Å². The van der Waals surface area contributed by atoms with Crippen molar-refractivity contribution >= 4 is 5.91 Å². The van der Waals surface area contributed by atoms with E-state index in [1.807, 2.05) is 12.1 Å². The van der Waals surface area contributed by atoms with Gasteiger partial charge in [-0.3, -0.25) is 9.80 Å². The standard InChI is InChI=1S/C11H20N2O2/c1-8(14)7-13-11(15)6-10(12(13)2)9-4-3-5-9/h8-10,14H,3-7H2,1-2H3. The Kier molecular flexibility index (Phi) is 2.98. The molecule has 86 valence electrons. The number of rotatable bonds is 3. The third-order valence-corrected chi connectivity index (χ3v) is 3.66. The van der Waals surface area contributed by atoms with Crippen LogP contribution in [0, 0.1) is 5.92 Å². The van der Waals surface area contributed by atoms with E-state index in [0.717, 1.165) is 0 Å². The first-order chi connectivity index (χ1) is 7.09. The summed E-state index contributed by atoms with van der Waals surface area (Å²) in [5, 5.41) is 13.1. The van der Waals surface area contributed by atoms with E-state index in [2.05, 4.69) is 0 Å². The summed E-state index contributed by atoms with van der Waals surface area (Å²) in [7, 11) is 1.97. The summed E-state index contributed by atoms with van der Waals surface area (Å²) in [6.07, 6.45) is 4.00. The van der Waals surface area contributed by atoms with Gasteiger partial charge in [0.25, 0.3) is 0 Å². The van der Waals surface area contributed by atoms with Crippen LogP contribution >= 0.6 is 0 Å². The lowest BCUT2D eigenvalue weighted by atomic mass is 9.79. The van der Waals surface area contributed by atoms with Crippen LogP contribution in [0.3, 0.4) is 0 Å². The highest BCUT2D eigenvalue weighted by Crippen LogP contribution is 2.36. The molecule has 4 nitrogen and oxygen atoms in total. The summed E-state index contributed by atoms with van der Waals surface area (Å²) in [4.78, 5) is 11.7. The number of hydrogen-bond donors (Lipinski definition) is 1. The number of nitrogens with zero attached hydrogens (tertiary/aromatic N) is 2. The second kappa shape index (κ2) is 4.10. The molecule has 0 spiro atoms. The lowest BCUT2D eigenvalue weighted by Gasteiger charge is -2.37. The minimum atomic E-state index is -0.448. The Labute approximate surface area is 90.8 Å². The van der Waals surface area contributed by atoms with Crippen LogP contribution in [0.1, 0.15) is 32.6 Å². The molecule has 0 aromatic carbocycles. The van der Waals surface area contributed by atoms with Gasteiger partial charge in [-0.2, -0.15) is 0 Å². The zero-order chi connectivity index (χ0) is 11.0. The molecule has 4 heteroatoms. The zero-order valence-electron chi connectivity index (χ0n) is 9.52. The molecule has 1 aliphatic carbocycles. The van der Waals surface area contributed by atoms with Gasteiger partial charge in [-0.15, -0.1) is 0 Å². The predicted molar refractivity (Wildman–Crippen MR) is 56.9 cm³/mol. The zero-order valence-corrected chi connectivity index (χ0v) is 9.52. The molecule has 0 radical (unpaired) electrons. The van der Waals surface area contributed by atoms with Crippen LogP contribution < -0.4 is 0 Å². The van der Waals surface area contributed by atoms with E-state index in [1.165, 1.54) is 19.3 Å². The van der Waals surface area contributed by atoms with Crippen LogP contribution in [0.4, 0.5) is 0 Å². The van der Waals surface area contributed by atoms with Crippen molar-refractivity contribution in [1.82, 2.24) is 10.0 Å². The minimum absolute atomic E-state index is 0.162. The Morgan fingerprint density at radius 2 is 2.20 bits per heavy atom. The molecule has 1 saturated heterocycles. The number of amides is 1. The number of hydrogen-bond acceptors (Lipinski definition) is 3. The maximum atomic E-state index is 11.7. The van der Waals surface area contributed by atoms with Gasteiger partial charge in [-0.25, -0.2) is 5.01 Å². The minimum Gasteiger partial charge on any atom is -0.392 e. The van der Waals surface area contributed by atoms with Gasteiger partial charge in [0.05, 0.1) is 12.6 Å². The number of aliphatic hydroxyl groups excluding tert-OH is 1. The molecule has 0 aromatic rings. The Balaban J connectivity index is 1.98. The fourth-order valence-corrected chi connectivity index (χ4v) is 2.55. The maximum Gasteiger partial charge on any atom is 0.238 e. The molecule has 0 bridgehead atoms. The second-order valence-electron chi connectivity index (χ2n) is 4.86. The average Bonchev–Trinajstić information content (AvgIpc) is 2.30. The Bertz CT molecular complexity index is 251. The first kappa shape index (κ1) is 10.9. The number of carbonyl (C=O) groups is 1. The summed E-state index contributed by atoms with van der Waals surface area (Å²) in [6.45, 7) is 2.15. The van der Waals surface area contributed by atoms with Crippen LogP contribution in [-0.4, -0.2) is 46.8 Å². The SMILES string of the molecule is CC(O)CN1C(=O)CC(C2CCC2)N1C. The van der Waals surface area contributed by atoms with Gasteiger partial charge in [-0.05, 0) is 25.7 Å². The third-order valence-electron chi connectivity index (χ3n) is 3.66.